The fourth-order valence-corrected chi connectivity index (χ4v) is 3.17. The van der Waals surface area contributed by atoms with E-state index in [9.17, 15) is 13.2 Å². The van der Waals surface area contributed by atoms with Gasteiger partial charge in [0.15, 0.2) is 0 Å². The van der Waals surface area contributed by atoms with Gasteiger partial charge < -0.3 is 11.5 Å². The maximum absolute atomic E-state index is 12.0. The summed E-state index contributed by atoms with van der Waals surface area (Å²) in [7, 11) is -3.62. The summed E-state index contributed by atoms with van der Waals surface area (Å²) in [5.74, 6) is -0.641. The van der Waals surface area contributed by atoms with E-state index in [1.54, 1.807) is 0 Å². The summed E-state index contributed by atoms with van der Waals surface area (Å²) in [5, 5.41) is 0. The average molecular weight is 269 g/mol. The summed E-state index contributed by atoms with van der Waals surface area (Å²) in [6, 6.07) is 3.92. The summed E-state index contributed by atoms with van der Waals surface area (Å²) in [4.78, 5) is 10.9. The topological polar surface area (TPSA) is 115 Å². The molecule has 0 unspecified atom stereocenters. The molecule has 5 N–H and O–H groups in total. The van der Waals surface area contributed by atoms with Crippen LogP contribution in [0.15, 0.2) is 23.1 Å². The van der Waals surface area contributed by atoms with E-state index in [2.05, 4.69) is 4.72 Å². The number of amides is 1. The first kappa shape index (κ1) is 12.8. The van der Waals surface area contributed by atoms with Gasteiger partial charge in [-0.1, -0.05) is 6.42 Å². The molecule has 1 saturated carbocycles. The van der Waals surface area contributed by atoms with Crippen LogP contribution in [0.4, 0.5) is 5.69 Å². The highest BCUT2D eigenvalue weighted by Crippen LogP contribution is 2.24. The zero-order valence-corrected chi connectivity index (χ0v) is 10.5. The molecule has 1 amide bonds. The third-order valence-corrected chi connectivity index (χ3v) is 4.61. The Morgan fingerprint density at radius 1 is 1.33 bits per heavy atom. The standard InChI is InChI=1S/C11H15N3O3S/c12-9-6-7(11(13)15)4-5-10(9)18(16,17)14-8-2-1-3-8/h4-6,8,14H,1-3,12H2,(H2,13,15). The Morgan fingerprint density at radius 2 is 2.00 bits per heavy atom. The van der Waals surface area contributed by atoms with Crippen LogP contribution in [0.2, 0.25) is 0 Å². The lowest BCUT2D eigenvalue weighted by atomic mass is 9.94. The molecular formula is C11H15N3O3S. The lowest BCUT2D eigenvalue weighted by molar-refractivity contribution is 0.1000. The van der Waals surface area contributed by atoms with Crippen molar-refractivity contribution in [2.45, 2.75) is 30.2 Å². The second-order valence-corrected chi connectivity index (χ2v) is 6.05. The molecule has 1 fully saturated rings. The van der Waals surface area contributed by atoms with Gasteiger partial charge in [-0.15, -0.1) is 0 Å². The Balaban J connectivity index is 2.29. The molecule has 1 aliphatic rings. The molecule has 1 aromatic rings. The molecule has 0 heterocycles. The molecule has 0 spiro atoms. The van der Waals surface area contributed by atoms with Crippen LogP contribution in [-0.4, -0.2) is 20.4 Å². The van der Waals surface area contributed by atoms with Crippen LogP contribution in [0, 0.1) is 0 Å². The normalized spacial score (nSPS) is 16.2. The van der Waals surface area contributed by atoms with Gasteiger partial charge in [0.2, 0.25) is 15.9 Å². The maximum Gasteiger partial charge on any atom is 0.248 e. The van der Waals surface area contributed by atoms with Gasteiger partial charge >= 0.3 is 0 Å². The minimum atomic E-state index is -3.62. The van der Waals surface area contributed by atoms with Gasteiger partial charge in [-0.2, -0.15) is 0 Å². The van der Waals surface area contributed by atoms with E-state index in [1.165, 1.54) is 18.2 Å². The lowest BCUT2D eigenvalue weighted by Gasteiger charge is -2.26. The first-order valence-electron chi connectivity index (χ1n) is 5.62. The molecule has 0 atom stereocenters. The van der Waals surface area contributed by atoms with Crippen LogP contribution in [-0.2, 0) is 10.0 Å². The maximum atomic E-state index is 12.0. The van der Waals surface area contributed by atoms with Crippen LogP contribution in [0.3, 0.4) is 0 Å². The van der Waals surface area contributed by atoms with E-state index in [1.807, 2.05) is 0 Å². The van der Waals surface area contributed by atoms with Gasteiger partial charge in [0.05, 0.1) is 5.69 Å². The predicted octanol–water partition coefficient (Wildman–Crippen LogP) is 0.198. The Labute approximate surface area is 105 Å². The zero-order valence-electron chi connectivity index (χ0n) is 9.72. The van der Waals surface area contributed by atoms with E-state index < -0.39 is 15.9 Å². The number of nitrogens with one attached hydrogen (secondary N) is 1. The summed E-state index contributed by atoms with van der Waals surface area (Å²) in [6.07, 6.45) is 2.72. The highest BCUT2D eigenvalue weighted by molar-refractivity contribution is 7.89. The van der Waals surface area contributed by atoms with Crippen molar-refractivity contribution < 1.29 is 13.2 Å². The summed E-state index contributed by atoms with van der Waals surface area (Å²) >= 11 is 0. The Bertz CT molecular complexity index is 579. The Morgan fingerprint density at radius 3 is 2.44 bits per heavy atom. The van der Waals surface area contributed by atoms with Crippen molar-refractivity contribution in [3.63, 3.8) is 0 Å². The number of benzene rings is 1. The molecule has 98 valence electrons. The number of nitrogens with two attached hydrogens (primary N) is 2. The van der Waals surface area contributed by atoms with Crippen molar-refractivity contribution in [2.75, 3.05) is 5.73 Å². The molecule has 6 nitrogen and oxygen atoms in total. The Hall–Kier alpha value is -1.60. The van der Waals surface area contributed by atoms with Crippen LogP contribution >= 0.6 is 0 Å². The molecule has 7 heteroatoms. The van der Waals surface area contributed by atoms with Crippen molar-refractivity contribution in [3.05, 3.63) is 23.8 Å². The largest absolute Gasteiger partial charge is 0.398 e. The smallest absolute Gasteiger partial charge is 0.248 e. The average Bonchev–Trinajstić information content (AvgIpc) is 2.23. The van der Waals surface area contributed by atoms with Crippen molar-refractivity contribution in [2.24, 2.45) is 5.73 Å². The first-order valence-corrected chi connectivity index (χ1v) is 7.10. The second kappa shape index (κ2) is 4.58. The fourth-order valence-electron chi connectivity index (χ4n) is 1.76. The van der Waals surface area contributed by atoms with Crippen LogP contribution in [0.1, 0.15) is 29.6 Å². The predicted molar refractivity (Wildman–Crippen MR) is 67.3 cm³/mol. The highest BCUT2D eigenvalue weighted by atomic mass is 32.2. The number of primary amides is 1. The van der Waals surface area contributed by atoms with Crippen molar-refractivity contribution >= 4 is 21.6 Å². The number of carbonyl (C=O) groups is 1. The minimum Gasteiger partial charge on any atom is -0.398 e. The number of hydrogen-bond acceptors (Lipinski definition) is 4. The van der Waals surface area contributed by atoms with Gasteiger partial charge in [-0.3, -0.25) is 4.79 Å². The number of hydrogen-bond donors (Lipinski definition) is 3. The molecule has 1 aromatic carbocycles. The molecule has 2 rings (SSSR count). The molecule has 0 aliphatic heterocycles. The monoisotopic (exact) mass is 269 g/mol. The summed E-state index contributed by atoms with van der Waals surface area (Å²) in [6.45, 7) is 0. The number of anilines is 1. The van der Waals surface area contributed by atoms with Gasteiger partial charge in [0.1, 0.15) is 4.90 Å². The van der Waals surface area contributed by atoms with E-state index >= 15 is 0 Å². The number of carbonyl (C=O) groups excluding carboxylic acids is 1. The van der Waals surface area contributed by atoms with Crippen molar-refractivity contribution in [1.82, 2.24) is 4.72 Å². The van der Waals surface area contributed by atoms with Crippen LogP contribution < -0.4 is 16.2 Å². The third kappa shape index (κ3) is 2.46. The molecule has 18 heavy (non-hydrogen) atoms. The molecule has 0 aromatic heterocycles. The SMILES string of the molecule is NC(=O)c1ccc(S(=O)(=O)NC2CCC2)c(N)c1. The van der Waals surface area contributed by atoms with E-state index in [0.29, 0.717) is 0 Å². The van der Waals surface area contributed by atoms with Gasteiger partial charge in [0.25, 0.3) is 0 Å². The quantitative estimate of drug-likeness (QED) is 0.677. The van der Waals surface area contributed by atoms with Crippen LogP contribution in [0.25, 0.3) is 0 Å². The lowest BCUT2D eigenvalue weighted by Crippen LogP contribution is -2.39. The van der Waals surface area contributed by atoms with Crippen LogP contribution in [0.5, 0.6) is 0 Å². The number of sulfonamides is 1. The van der Waals surface area contributed by atoms with Gasteiger partial charge in [-0.25, -0.2) is 13.1 Å². The van der Waals surface area contributed by atoms with Crippen molar-refractivity contribution in [3.8, 4) is 0 Å². The second-order valence-electron chi connectivity index (χ2n) is 4.37. The summed E-state index contributed by atoms with van der Waals surface area (Å²) < 4.78 is 26.6. The van der Waals surface area contributed by atoms with Crippen molar-refractivity contribution in [1.29, 1.82) is 0 Å². The molecule has 0 saturated heterocycles. The van der Waals surface area contributed by atoms with E-state index in [-0.39, 0.29) is 22.2 Å². The number of rotatable bonds is 4. The van der Waals surface area contributed by atoms with Gasteiger partial charge in [0, 0.05) is 11.6 Å². The first-order chi connectivity index (χ1) is 8.40. The zero-order chi connectivity index (χ0) is 13.3. The fraction of sp³-hybridized carbons (Fsp3) is 0.364. The van der Waals surface area contributed by atoms with E-state index in [0.717, 1.165) is 19.3 Å². The minimum absolute atomic E-state index is 0.00906. The Kier molecular flexibility index (Phi) is 3.27. The molecular weight excluding hydrogens is 254 g/mol. The molecule has 1 aliphatic carbocycles. The molecule has 0 bridgehead atoms. The van der Waals surface area contributed by atoms with Gasteiger partial charge in [-0.05, 0) is 31.0 Å². The highest BCUT2D eigenvalue weighted by Gasteiger charge is 2.26. The molecule has 0 radical (unpaired) electrons. The van der Waals surface area contributed by atoms with E-state index in [4.69, 9.17) is 11.5 Å². The third-order valence-electron chi connectivity index (χ3n) is 3.01. The summed E-state index contributed by atoms with van der Waals surface area (Å²) in [5.41, 5.74) is 11.0. The number of nitrogen functional groups attached to an aromatic ring is 1.